The summed E-state index contributed by atoms with van der Waals surface area (Å²) in [5.74, 6) is 0.585. The number of alkyl halides is 1. The highest BCUT2D eigenvalue weighted by Gasteiger charge is 2.30. The number of nitrogens with one attached hydrogen (secondary N) is 1. The summed E-state index contributed by atoms with van der Waals surface area (Å²) in [5.41, 5.74) is 1.06. The van der Waals surface area contributed by atoms with Gasteiger partial charge in [-0.1, -0.05) is 35.7 Å². The molecule has 2 N–H and O–H groups in total. The van der Waals surface area contributed by atoms with Crippen molar-refractivity contribution in [3.8, 4) is 0 Å². The Hall–Kier alpha value is -0.720. The van der Waals surface area contributed by atoms with Gasteiger partial charge >= 0.3 is 0 Å². The summed E-state index contributed by atoms with van der Waals surface area (Å²) < 4.78 is -0.225. The molecule has 0 fully saturated rings. The molecule has 0 aromatic carbocycles. The highest BCUT2D eigenvalue weighted by molar-refractivity contribution is 9.10. The Labute approximate surface area is 144 Å². The van der Waals surface area contributed by atoms with Crippen molar-refractivity contribution in [2.45, 2.75) is 56.3 Å². The number of fused-ring (bicyclic) bond motifs is 1. The average molecular weight is 390 g/mol. The summed E-state index contributed by atoms with van der Waals surface area (Å²) in [6.07, 6.45) is 5.47. The Morgan fingerprint density at radius 1 is 1.50 bits per heavy atom. The molecule has 0 radical (unpaired) electrons. The fourth-order valence-electron chi connectivity index (χ4n) is 2.42. The lowest BCUT2D eigenvalue weighted by Gasteiger charge is -2.31. The number of halogens is 2. The quantitative estimate of drug-likeness (QED) is 0.572. The van der Waals surface area contributed by atoms with Gasteiger partial charge in [0.05, 0.1) is 22.2 Å². The number of nitrogens with zero attached hydrogens (tertiary/aromatic N) is 3. The Morgan fingerprint density at radius 2 is 2.23 bits per heavy atom. The molecule has 0 saturated heterocycles. The fraction of sp³-hybridized carbons (Fsp3) is 0.667. The molecule has 0 saturated carbocycles. The summed E-state index contributed by atoms with van der Waals surface area (Å²) in [4.78, 5) is 13.1. The Balaban J connectivity index is 2.34. The number of aliphatic hydroxyl groups is 1. The van der Waals surface area contributed by atoms with Crippen molar-refractivity contribution in [2.24, 2.45) is 4.99 Å². The van der Waals surface area contributed by atoms with Crippen molar-refractivity contribution in [3.63, 3.8) is 0 Å². The first-order chi connectivity index (χ1) is 10.3. The van der Waals surface area contributed by atoms with E-state index in [4.69, 9.17) is 11.6 Å². The zero-order chi connectivity index (χ0) is 16.4. The molecular weight excluding hydrogens is 368 g/mol. The van der Waals surface area contributed by atoms with E-state index >= 15 is 0 Å². The summed E-state index contributed by atoms with van der Waals surface area (Å²) >= 11 is 9.67. The van der Waals surface area contributed by atoms with E-state index in [0.29, 0.717) is 17.9 Å². The van der Waals surface area contributed by atoms with Gasteiger partial charge in [-0.3, -0.25) is 4.99 Å². The number of aliphatic imine (C=N–C) groups is 1. The van der Waals surface area contributed by atoms with Crippen LogP contribution in [0.5, 0.6) is 0 Å². The van der Waals surface area contributed by atoms with Crippen LogP contribution in [-0.4, -0.2) is 37.8 Å². The highest BCUT2D eigenvalue weighted by Crippen LogP contribution is 2.37. The minimum Gasteiger partial charge on any atom is -0.394 e. The van der Waals surface area contributed by atoms with Gasteiger partial charge in [-0.05, 0) is 31.9 Å². The highest BCUT2D eigenvalue weighted by atomic mass is 79.9. The molecule has 0 spiro atoms. The van der Waals surface area contributed by atoms with Gasteiger partial charge in [0.25, 0.3) is 0 Å². The minimum atomic E-state index is -0.452. The number of unbranched alkanes of at least 4 members (excludes halogenated alkanes) is 1. The maximum absolute atomic E-state index is 9.74. The maximum atomic E-state index is 9.74. The molecule has 7 heteroatoms. The Kier molecular flexibility index (Phi) is 5.45. The molecule has 2 heterocycles. The first-order valence-corrected chi connectivity index (χ1v) is 8.65. The molecule has 1 aliphatic heterocycles. The van der Waals surface area contributed by atoms with Gasteiger partial charge in [0.2, 0.25) is 5.28 Å². The van der Waals surface area contributed by atoms with E-state index in [9.17, 15) is 5.11 Å². The van der Waals surface area contributed by atoms with Crippen molar-refractivity contribution >= 4 is 45.3 Å². The number of hydrogen-bond donors (Lipinski definition) is 2. The Bertz CT molecular complexity index is 579. The van der Waals surface area contributed by atoms with E-state index in [1.807, 2.05) is 20.1 Å². The number of rotatable bonds is 6. The van der Waals surface area contributed by atoms with Crippen LogP contribution in [0.1, 0.15) is 45.7 Å². The fourth-order valence-corrected chi connectivity index (χ4v) is 2.98. The number of hydrogen-bond acceptors (Lipinski definition) is 5. The lowest BCUT2D eigenvalue weighted by Crippen LogP contribution is -2.39. The van der Waals surface area contributed by atoms with E-state index in [0.717, 1.165) is 25.0 Å². The normalized spacial score (nSPS) is 23.0. The number of anilines is 1. The van der Waals surface area contributed by atoms with E-state index in [2.05, 4.69) is 43.1 Å². The van der Waals surface area contributed by atoms with Crippen LogP contribution in [0.4, 0.5) is 11.5 Å². The van der Waals surface area contributed by atoms with Crippen molar-refractivity contribution in [3.05, 3.63) is 11.0 Å². The topological polar surface area (TPSA) is 70.4 Å². The zero-order valence-electron chi connectivity index (χ0n) is 13.2. The molecule has 22 heavy (non-hydrogen) atoms. The van der Waals surface area contributed by atoms with E-state index in [1.54, 1.807) is 0 Å². The van der Waals surface area contributed by atoms with Gasteiger partial charge in [-0.25, -0.2) is 4.98 Å². The maximum Gasteiger partial charge on any atom is 0.224 e. The molecule has 0 aliphatic carbocycles. The molecular formula is C15H22BrClN4O. The van der Waals surface area contributed by atoms with Crippen LogP contribution in [0.25, 0.3) is 0 Å². The lowest BCUT2D eigenvalue weighted by molar-refractivity contribution is 0.212. The Morgan fingerprint density at radius 3 is 2.86 bits per heavy atom. The molecule has 2 atom stereocenters. The molecule has 2 rings (SSSR count). The van der Waals surface area contributed by atoms with Crippen molar-refractivity contribution in [1.82, 2.24) is 9.97 Å². The van der Waals surface area contributed by atoms with Gasteiger partial charge in [-0.2, -0.15) is 4.98 Å². The SMILES string of the molecule is CCCCC(C)(CO)Nc1nc(Cl)nc2c1N=CC(C)(Br)C2. The molecule has 5 nitrogen and oxygen atoms in total. The summed E-state index contributed by atoms with van der Waals surface area (Å²) in [7, 11) is 0. The van der Waals surface area contributed by atoms with Crippen LogP contribution < -0.4 is 5.32 Å². The lowest BCUT2D eigenvalue weighted by atomic mass is 9.95. The standard InChI is InChI=1S/C15H22BrClN4O/c1-4-5-6-15(3,9-22)21-12-11-10(19-13(17)20-12)7-14(2,16)8-18-11/h8,22H,4-7,9H2,1-3H3,(H,19,20,21). The van der Waals surface area contributed by atoms with Gasteiger partial charge in [-0.15, -0.1) is 0 Å². The van der Waals surface area contributed by atoms with Crippen LogP contribution in [0, 0.1) is 0 Å². The van der Waals surface area contributed by atoms with Crippen LogP contribution >= 0.6 is 27.5 Å². The second kappa shape index (κ2) is 6.81. The zero-order valence-corrected chi connectivity index (χ0v) is 15.5. The molecule has 1 aromatic rings. The van der Waals surface area contributed by atoms with Gasteiger partial charge in [0, 0.05) is 12.6 Å². The van der Waals surface area contributed by atoms with Crippen molar-refractivity contribution in [2.75, 3.05) is 11.9 Å². The predicted molar refractivity (Wildman–Crippen MR) is 94.9 cm³/mol. The van der Waals surface area contributed by atoms with Crippen molar-refractivity contribution in [1.29, 1.82) is 0 Å². The molecule has 0 bridgehead atoms. The second-order valence-electron chi connectivity index (χ2n) is 6.30. The third kappa shape index (κ3) is 4.18. The largest absolute Gasteiger partial charge is 0.394 e. The summed E-state index contributed by atoms with van der Waals surface area (Å²) in [5, 5.41) is 13.3. The summed E-state index contributed by atoms with van der Waals surface area (Å²) in [6, 6.07) is 0. The predicted octanol–water partition coefficient (Wildman–Crippen LogP) is 3.90. The summed E-state index contributed by atoms with van der Waals surface area (Å²) in [6.45, 7) is 6.15. The van der Waals surface area contributed by atoms with Crippen LogP contribution in [0.3, 0.4) is 0 Å². The monoisotopic (exact) mass is 388 g/mol. The first kappa shape index (κ1) is 17.6. The molecule has 1 aromatic heterocycles. The molecule has 122 valence electrons. The third-order valence-electron chi connectivity index (χ3n) is 3.76. The number of aromatic nitrogens is 2. The van der Waals surface area contributed by atoms with E-state index < -0.39 is 5.54 Å². The average Bonchev–Trinajstić information content (AvgIpc) is 2.43. The van der Waals surface area contributed by atoms with Crippen LogP contribution in [-0.2, 0) is 6.42 Å². The van der Waals surface area contributed by atoms with Crippen molar-refractivity contribution < 1.29 is 5.11 Å². The van der Waals surface area contributed by atoms with Crippen LogP contribution in [0.15, 0.2) is 4.99 Å². The minimum absolute atomic E-state index is 0.0171. The first-order valence-electron chi connectivity index (χ1n) is 7.48. The molecule has 1 aliphatic rings. The smallest absolute Gasteiger partial charge is 0.224 e. The molecule has 0 amide bonds. The third-order valence-corrected chi connectivity index (χ3v) is 4.41. The van der Waals surface area contributed by atoms with Gasteiger partial charge in [0.1, 0.15) is 5.69 Å². The van der Waals surface area contributed by atoms with Gasteiger partial charge < -0.3 is 10.4 Å². The van der Waals surface area contributed by atoms with Crippen LogP contribution in [0.2, 0.25) is 5.28 Å². The molecule has 2 unspecified atom stereocenters. The second-order valence-corrected chi connectivity index (χ2v) is 8.45. The van der Waals surface area contributed by atoms with Gasteiger partial charge in [0.15, 0.2) is 5.82 Å². The number of aliphatic hydroxyl groups excluding tert-OH is 1. The van der Waals surface area contributed by atoms with E-state index in [-0.39, 0.29) is 16.2 Å². The van der Waals surface area contributed by atoms with E-state index in [1.165, 1.54) is 0 Å².